The van der Waals surface area contributed by atoms with Crippen LogP contribution in [0.15, 0.2) is 42.5 Å². The third-order valence-corrected chi connectivity index (χ3v) is 5.78. The number of hydrogen-bond acceptors (Lipinski definition) is 4. The molecule has 4 nitrogen and oxygen atoms in total. The van der Waals surface area contributed by atoms with Crippen LogP contribution in [-0.4, -0.2) is 22.3 Å². The number of aliphatic hydroxyl groups is 2. The first-order chi connectivity index (χ1) is 12.8. The van der Waals surface area contributed by atoms with E-state index in [0.717, 1.165) is 35.1 Å². The third kappa shape index (κ3) is 3.50. The Bertz CT molecular complexity index is 743. The molecule has 1 saturated carbocycles. The fraction of sp³-hybridized carbons (Fsp3) is 0.455. The number of fused-ring (bicyclic) bond motifs is 1. The van der Waals surface area contributed by atoms with Crippen LogP contribution in [0.2, 0.25) is 0 Å². The van der Waals surface area contributed by atoms with Crippen LogP contribution in [-0.2, 0) is 19.6 Å². The molecule has 0 radical (unpaired) electrons. The van der Waals surface area contributed by atoms with Crippen molar-refractivity contribution in [3.05, 3.63) is 64.7 Å². The van der Waals surface area contributed by atoms with Crippen molar-refractivity contribution in [2.75, 3.05) is 0 Å². The van der Waals surface area contributed by atoms with Gasteiger partial charge in [-0.25, -0.2) is 0 Å². The van der Waals surface area contributed by atoms with E-state index in [0.29, 0.717) is 18.4 Å². The average Bonchev–Trinajstić information content (AvgIpc) is 2.64. The summed E-state index contributed by atoms with van der Waals surface area (Å²) < 4.78 is 5.98. The molecule has 2 atom stereocenters. The lowest BCUT2D eigenvalue weighted by atomic mass is 9.81. The zero-order valence-corrected chi connectivity index (χ0v) is 15.0. The van der Waals surface area contributed by atoms with Crippen molar-refractivity contribution in [1.29, 1.82) is 0 Å². The second-order valence-electron chi connectivity index (χ2n) is 7.43. The van der Waals surface area contributed by atoms with Gasteiger partial charge in [0, 0.05) is 17.6 Å². The topological polar surface area (TPSA) is 61.7 Å². The second-order valence-corrected chi connectivity index (χ2v) is 7.43. The molecule has 0 bridgehead atoms. The molecule has 0 unspecified atom stereocenters. The zero-order chi connectivity index (χ0) is 17.9. The maximum atomic E-state index is 10.8. The van der Waals surface area contributed by atoms with Crippen LogP contribution in [0.3, 0.4) is 0 Å². The smallest absolute Gasteiger partial charge is 0.125 e. The molecule has 0 spiro atoms. The van der Waals surface area contributed by atoms with Gasteiger partial charge in [-0.2, -0.15) is 0 Å². The van der Waals surface area contributed by atoms with E-state index in [9.17, 15) is 10.2 Å². The lowest BCUT2D eigenvalue weighted by Gasteiger charge is -2.37. The molecule has 0 heterocycles. The van der Waals surface area contributed by atoms with E-state index < -0.39 is 6.10 Å². The van der Waals surface area contributed by atoms with Crippen LogP contribution in [0.4, 0.5) is 0 Å². The summed E-state index contributed by atoms with van der Waals surface area (Å²) in [5.74, 6) is 0.715. The molecule has 0 aliphatic heterocycles. The highest BCUT2D eigenvalue weighted by atomic mass is 16.5. The Morgan fingerprint density at radius 3 is 2.54 bits per heavy atom. The van der Waals surface area contributed by atoms with Crippen LogP contribution in [0.1, 0.15) is 54.0 Å². The lowest BCUT2D eigenvalue weighted by molar-refractivity contribution is 0.0984. The first-order valence-electron chi connectivity index (χ1n) is 9.62. The maximum Gasteiger partial charge on any atom is 0.125 e. The van der Waals surface area contributed by atoms with Crippen molar-refractivity contribution in [2.45, 2.75) is 63.5 Å². The van der Waals surface area contributed by atoms with E-state index in [1.165, 1.54) is 19.3 Å². The molecule has 4 heteroatoms. The summed E-state index contributed by atoms with van der Waals surface area (Å²) in [5.41, 5.74) is 3.90. The lowest BCUT2D eigenvalue weighted by Crippen LogP contribution is -2.47. The van der Waals surface area contributed by atoms with E-state index in [1.807, 2.05) is 42.5 Å². The fourth-order valence-electron chi connectivity index (χ4n) is 4.03. The first kappa shape index (κ1) is 17.5. The molecule has 0 saturated heterocycles. The van der Waals surface area contributed by atoms with Gasteiger partial charge in [-0.3, -0.25) is 0 Å². The molecule has 2 aromatic carbocycles. The van der Waals surface area contributed by atoms with Gasteiger partial charge in [0.2, 0.25) is 0 Å². The van der Waals surface area contributed by atoms with Crippen LogP contribution in [0.5, 0.6) is 5.75 Å². The Balaban J connectivity index is 1.52. The highest BCUT2D eigenvalue weighted by Crippen LogP contribution is 2.37. The summed E-state index contributed by atoms with van der Waals surface area (Å²) in [6.45, 7) is 0.405. The maximum absolute atomic E-state index is 10.8. The van der Waals surface area contributed by atoms with Crippen molar-refractivity contribution < 1.29 is 14.9 Å². The molecule has 26 heavy (non-hydrogen) atoms. The molecule has 2 aliphatic rings. The van der Waals surface area contributed by atoms with Crippen LogP contribution < -0.4 is 10.1 Å². The van der Waals surface area contributed by atoms with Crippen molar-refractivity contribution in [3.8, 4) is 5.75 Å². The summed E-state index contributed by atoms with van der Waals surface area (Å²) in [7, 11) is 0. The minimum Gasteiger partial charge on any atom is -0.489 e. The van der Waals surface area contributed by atoms with Gasteiger partial charge in [-0.05, 0) is 48.4 Å². The van der Waals surface area contributed by atoms with E-state index in [2.05, 4.69) is 5.32 Å². The summed E-state index contributed by atoms with van der Waals surface area (Å²) in [4.78, 5) is 0. The molecular weight excluding hydrogens is 326 g/mol. The van der Waals surface area contributed by atoms with Crippen molar-refractivity contribution in [1.82, 2.24) is 5.32 Å². The average molecular weight is 353 g/mol. The number of rotatable bonds is 6. The molecule has 1 fully saturated rings. The summed E-state index contributed by atoms with van der Waals surface area (Å²) >= 11 is 0. The predicted molar refractivity (Wildman–Crippen MR) is 101 cm³/mol. The molecule has 3 N–H and O–H groups in total. The second kappa shape index (κ2) is 7.78. The normalized spacial score (nSPS) is 22.5. The van der Waals surface area contributed by atoms with Crippen LogP contribution in [0.25, 0.3) is 0 Å². The van der Waals surface area contributed by atoms with E-state index in [-0.39, 0.29) is 12.6 Å². The van der Waals surface area contributed by atoms with Gasteiger partial charge in [-0.1, -0.05) is 42.8 Å². The van der Waals surface area contributed by atoms with Gasteiger partial charge < -0.3 is 20.3 Å². The predicted octanol–water partition coefficient (Wildman–Crippen LogP) is 3.25. The van der Waals surface area contributed by atoms with Crippen LogP contribution in [0, 0.1) is 0 Å². The van der Waals surface area contributed by atoms with Crippen molar-refractivity contribution >= 4 is 0 Å². The largest absolute Gasteiger partial charge is 0.489 e. The molecule has 0 aromatic heterocycles. The van der Waals surface area contributed by atoms with Gasteiger partial charge in [0.15, 0.2) is 0 Å². The number of hydrogen-bond donors (Lipinski definition) is 3. The van der Waals surface area contributed by atoms with Crippen molar-refractivity contribution in [2.24, 2.45) is 0 Å². The number of nitrogens with one attached hydrogen (secondary N) is 1. The minimum absolute atomic E-state index is 0.0687. The first-order valence-corrected chi connectivity index (χ1v) is 9.62. The highest BCUT2D eigenvalue weighted by molar-refractivity contribution is 5.47. The highest BCUT2D eigenvalue weighted by Gasteiger charge is 2.32. The molecule has 4 rings (SSSR count). The molecule has 138 valence electrons. The molecular formula is C22H27NO3. The van der Waals surface area contributed by atoms with Gasteiger partial charge in [0.1, 0.15) is 12.4 Å². The summed E-state index contributed by atoms with van der Waals surface area (Å²) in [6.07, 6.45) is 4.94. The van der Waals surface area contributed by atoms with Crippen LogP contribution >= 0.6 is 0 Å². The fourth-order valence-corrected chi connectivity index (χ4v) is 4.03. The van der Waals surface area contributed by atoms with Gasteiger partial charge in [0.05, 0.1) is 12.7 Å². The Hall–Kier alpha value is -1.88. The van der Waals surface area contributed by atoms with E-state index in [4.69, 9.17) is 4.74 Å². The standard InChI is InChI=1S/C22H27NO3/c24-13-19-17-9-11-20(23-16-7-4-8-16)22(25)18(17)10-12-21(19)26-14-15-5-2-1-3-6-15/h1-3,5-6,10,12,16,20,22-25H,4,7-9,11,13-14H2/t20-,22-/m1/s1. The Morgan fingerprint density at radius 1 is 1.04 bits per heavy atom. The minimum atomic E-state index is -0.521. The SMILES string of the molecule is OCc1c(OCc2ccccc2)ccc2c1CC[C@@H](NC1CCC1)[C@@H]2O. The number of ether oxygens (including phenoxy) is 1. The Kier molecular flexibility index (Phi) is 5.25. The monoisotopic (exact) mass is 353 g/mol. The van der Waals surface area contributed by atoms with Gasteiger partial charge in [0.25, 0.3) is 0 Å². The molecule has 0 amide bonds. The number of aliphatic hydroxyl groups excluding tert-OH is 2. The third-order valence-electron chi connectivity index (χ3n) is 5.78. The van der Waals surface area contributed by atoms with Gasteiger partial charge in [-0.15, -0.1) is 0 Å². The van der Waals surface area contributed by atoms with Gasteiger partial charge >= 0.3 is 0 Å². The molecule has 2 aliphatic carbocycles. The molecule has 2 aromatic rings. The number of benzene rings is 2. The quantitative estimate of drug-likeness (QED) is 0.746. The summed E-state index contributed by atoms with van der Waals surface area (Å²) in [6, 6.07) is 14.5. The Labute approximate surface area is 154 Å². The Morgan fingerprint density at radius 2 is 1.85 bits per heavy atom. The van der Waals surface area contributed by atoms with Crippen molar-refractivity contribution in [3.63, 3.8) is 0 Å². The van der Waals surface area contributed by atoms with E-state index >= 15 is 0 Å². The summed E-state index contributed by atoms with van der Waals surface area (Å²) in [5, 5.41) is 24.4. The zero-order valence-electron chi connectivity index (χ0n) is 15.0. The van der Waals surface area contributed by atoms with E-state index in [1.54, 1.807) is 0 Å².